The van der Waals surface area contributed by atoms with Crippen LogP contribution in [0, 0.1) is 13.8 Å². The van der Waals surface area contributed by atoms with Crippen LogP contribution in [0.5, 0.6) is 5.75 Å². The fraction of sp³-hybridized carbons (Fsp3) is 0.200. The van der Waals surface area contributed by atoms with E-state index >= 15 is 0 Å². The van der Waals surface area contributed by atoms with Gasteiger partial charge in [0.05, 0.1) is 6.61 Å². The van der Waals surface area contributed by atoms with Crippen LogP contribution in [0.3, 0.4) is 0 Å². The van der Waals surface area contributed by atoms with Gasteiger partial charge in [-0.3, -0.25) is 4.57 Å². The Morgan fingerprint density at radius 2 is 1.63 bits per heavy atom. The Kier molecular flexibility index (Phi) is 6.50. The Balaban J connectivity index is 1.51. The normalized spacial score (nSPS) is 10.9. The van der Waals surface area contributed by atoms with E-state index in [9.17, 15) is 0 Å². The average Bonchev–Trinajstić information content (AvgIpc) is 3.15. The monoisotopic (exact) mass is 415 g/mol. The number of aromatic nitrogens is 3. The summed E-state index contributed by atoms with van der Waals surface area (Å²) >= 11 is 1.67. The van der Waals surface area contributed by atoms with Crippen molar-refractivity contribution in [2.75, 3.05) is 12.4 Å². The van der Waals surface area contributed by atoms with Crippen LogP contribution in [0.2, 0.25) is 0 Å². The lowest BCUT2D eigenvalue weighted by Crippen LogP contribution is -2.06. The minimum absolute atomic E-state index is 0.614. The summed E-state index contributed by atoms with van der Waals surface area (Å²) in [5, 5.41) is 9.90. The molecule has 0 aliphatic rings. The maximum atomic E-state index is 5.87. The molecule has 0 radical (unpaired) electrons. The lowest BCUT2D eigenvalue weighted by Gasteiger charge is -2.11. The van der Waals surface area contributed by atoms with Gasteiger partial charge in [-0.25, -0.2) is 0 Å². The fourth-order valence-electron chi connectivity index (χ4n) is 3.24. The van der Waals surface area contributed by atoms with Crippen molar-refractivity contribution < 1.29 is 4.74 Å². The van der Waals surface area contributed by atoms with E-state index in [1.165, 1.54) is 16.7 Å². The zero-order valence-electron chi connectivity index (χ0n) is 17.3. The molecule has 30 heavy (non-hydrogen) atoms. The van der Waals surface area contributed by atoms with Crippen molar-refractivity contribution in [2.45, 2.75) is 25.4 Å². The van der Waals surface area contributed by atoms with Crippen molar-refractivity contribution in [2.24, 2.45) is 0 Å². The minimum atomic E-state index is 0.614. The zero-order chi connectivity index (χ0) is 20.8. The third kappa shape index (κ3) is 5.10. The molecule has 152 valence electrons. The number of thioether (sulfide) groups is 1. The summed E-state index contributed by atoms with van der Waals surface area (Å²) in [5.41, 5.74) is 4.75. The van der Waals surface area contributed by atoms with Crippen molar-refractivity contribution in [3.8, 4) is 11.4 Å². The second-order valence-electron chi connectivity index (χ2n) is 7.25. The number of aryl methyl sites for hydroxylation is 2. The SMILES string of the molecule is Cc1ccc(OCCSc2nnc(Cc3ccccc3)n2-c2cccc(C)c2)cc1. The van der Waals surface area contributed by atoms with Gasteiger partial charge in [0.15, 0.2) is 5.16 Å². The molecule has 0 bridgehead atoms. The predicted molar refractivity (Wildman–Crippen MR) is 123 cm³/mol. The van der Waals surface area contributed by atoms with Crippen LogP contribution >= 0.6 is 11.8 Å². The van der Waals surface area contributed by atoms with E-state index in [1.54, 1.807) is 11.8 Å². The van der Waals surface area contributed by atoms with Gasteiger partial charge >= 0.3 is 0 Å². The van der Waals surface area contributed by atoms with E-state index < -0.39 is 0 Å². The summed E-state index contributed by atoms with van der Waals surface area (Å²) < 4.78 is 8.03. The molecule has 5 heteroatoms. The topological polar surface area (TPSA) is 39.9 Å². The zero-order valence-corrected chi connectivity index (χ0v) is 18.1. The van der Waals surface area contributed by atoms with E-state index in [2.05, 4.69) is 89.3 Å². The third-order valence-electron chi connectivity index (χ3n) is 4.77. The van der Waals surface area contributed by atoms with Crippen molar-refractivity contribution in [1.29, 1.82) is 0 Å². The summed E-state index contributed by atoms with van der Waals surface area (Å²) in [7, 11) is 0. The van der Waals surface area contributed by atoms with Crippen molar-refractivity contribution in [3.05, 3.63) is 101 Å². The Bertz CT molecular complexity index is 1090. The van der Waals surface area contributed by atoms with Crippen molar-refractivity contribution >= 4 is 11.8 Å². The van der Waals surface area contributed by atoms with Crippen LogP contribution in [0.25, 0.3) is 5.69 Å². The first-order valence-corrected chi connectivity index (χ1v) is 11.0. The molecule has 4 nitrogen and oxygen atoms in total. The number of hydrogen-bond donors (Lipinski definition) is 0. The molecule has 0 unspecified atom stereocenters. The molecule has 4 rings (SSSR count). The summed E-state index contributed by atoms with van der Waals surface area (Å²) in [4.78, 5) is 0. The van der Waals surface area contributed by atoms with Crippen LogP contribution in [0.1, 0.15) is 22.5 Å². The molecule has 1 aromatic heterocycles. The molecular weight excluding hydrogens is 390 g/mol. The highest BCUT2D eigenvalue weighted by Gasteiger charge is 2.15. The van der Waals surface area contributed by atoms with E-state index in [-0.39, 0.29) is 0 Å². The summed E-state index contributed by atoms with van der Waals surface area (Å²) in [6.07, 6.45) is 0.738. The van der Waals surface area contributed by atoms with Crippen LogP contribution in [0.15, 0.2) is 84.0 Å². The number of rotatable bonds is 8. The molecule has 3 aromatic carbocycles. The van der Waals surface area contributed by atoms with Gasteiger partial charge in [0.1, 0.15) is 11.6 Å². The van der Waals surface area contributed by atoms with Gasteiger partial charge in [-0.15, -0.1) is 10.2 Å². The molecule has 0 saturated carbocycles. The van der Waals surface area contributed by atoms with Gasteiger partial charge in [0.25, 0.3) is 0 Å². The Labute approximate surface area is 181 Å². The number of hydrogen-bond acceptors (Lipinski definition) is 4. The van der Waals surface area contributed by atoms with E-state index in [0.717, 1.165) is 34.6 Å². The lowest BCUT2D eigenvalue weighted by molar-refractivity contribution is 0.344. The molecule has 1 heterocycles. The molecular formula is C25H25N3OS. The van der Waals surface area contributed by atoms with E-state index in [0.29, 0.717) is 6.61 Å². The van der Waals surface area contributed by atoms with Gasteiger partial charge in [-0.1, -0.05) is 71.9 Å². The minimum Gasteiger partial charge on any atom is -0.493 e. The average molecular weight is 416 g/mol. The summed E-state index contributed by atoms with van der Waals surface area (Å²) in [6.45, 7) is 4.79. The van der Waals surface area contributed by atoms with E-state index in [1.807, 2.05) is 18.2 Å². The van der Waals surface area contributed by atoms with Crippen LogP contribution in [0.4, 0.5) is 0 Å². The number of ether oxygens (including phenoxy) is 1. The highest BCUT2D eigenvalue weighted by Crippen LogP contribution is 2.24. The Hall–Kier alpha value is -3.05. The second-order valence-corrected chi connectivity index (χ2v) is 8.31. The molecule has 0 amide bonds. The Morgan fingerprint density at radius 1 is 0.833 bits per heavy atom. The second kappa shape index (κ2) is 9.63. The molecule has 0 spiro atoms. The van der Waals surface area contributed by atoms with Gasteiger partial charge in [-0.2, -0.15) is 0 Å². The van der Waals surface area contributed by atoms with Gasteiger partial charge in [0.2, 0.25) is 0 Å². The predicted octanol–water partition coefficient (Wildman–Crippen LogP) is 5.65. The highest BCUT2D eigenvalue weighted by molar-refractivity contribution is 7.99. The molecule has 0 saturated heterocycles. The van der Waals surface area contributed by atoms with Gasteiger partial charge < -0.3 is 4.74 Å². The largest absolute Gasteiger partial charge is 0.493 e. The summed E-state index contributed by atoms with van der Waals surface area (Å²) in [5.74, 6) is 2.63. The molecule has 4 aromatic rings. The van der Waals surface area contributed by atoms with Crippen LogP contribution in [-0.4, -0.2) is 27.1 Å². The first-order chi connectivity index (χ1) is 14.7. The number of nitrogens with zero attached hydrogens (tertiary/aromatic N) is 3. The standard InChI is InChI=1S/C25H25N3OS/c1-19-11-13-23(14-12-19)29-15-16-30-25-27-26-24(18-21-8-4-3-5-9-21)28(25)22-10-6-7-20(2)17-22/h3-14,17H,15-16,18H2,1-2H3. The van der Waals surface area contributed by atoms with Gasteiger partial charge in [0, 0.05) is 17.9 Å². The number of benzene rings is 3. The van der Waals surface area contributed by atoms with Crippen molar-refractivity contribution in [1.82, 2.24) is 14.8 Å². The highest BCUT2D eigenvalue weighted by atomic mass is 32.2. The fourth-order valence-corrected chi connectivity index (χ4v) is 4.03. The Morgan fingerprint density at radius 3 is 2.40 bits per heavy atom. The van der Waals surface area contributed by atoms with Crippen LogP contribution in [-0.2, 0) is 6.42 Å². The first kappa shape index (κ1) is 20.2. The molecule has 0 aliphatic heterocycles. The van der Waals surface area contributed by atoms with E-state index in [4.69, 9.17) is 4.74 Å². The van der Waals surface area contributed by atoms with Crippen LogP contribution < -0.4 is 4.74 Å². The smallest absolute Gasteiger partial charge is 0.195 e. The molecule has 0 atom stereocenters. The molecule has 0 fully saturated rings. The lowest BCUT2D eigenvalue weighted by atomic mass is 10.1. The first-order valence-electron chi connectivity index (χ1n) is 10.1. The quantitative estimate of drug-likeness (QED) is 0.276. The summed E-state index contributed by atoms with van der Waals surface area (Å²) in [6, 6.07) is 27.0. The molecule has 0 N–H and O–H groups in total. The maximum Gasteiger partial charge on any atom is 0.195 e. The van der Waals surface area contributed by atoms with Crippen molar-refractivity contribution in [3.63, 3.8) is 0 Å². The third-order valence-corrected chi connectivity index (χ3v) is 5.66. The molecule has 0 aliphatic carbocycles. The maximum absolute atomic E-state index is 5.87. The van der Waals surface area contributed by atoms with Gasteiger partial charge in [-0.05, 0) is 49.2 Å².